The lowest BCUT2D eigenvalue weighted by atomic mass is 9.67. The molecule has 12 aromatic rings. The summed E-state index contributed by atoms with van der Waals surface area (Å²) in [6.45, 7) is 0. The van der Waals surface area contributed by atoms with Gasteiger partial charge in [-0.05, 0) is 106 Å². The number of rotatable bonds is 5. The molecule has 62 heavy (non-hydrogen) atoms. The maximum atomic E-state index is 7.06. The van der Waals surface area contributed by atoms with Crippen LogP contribution in [0.1, 0.15) is 22.3 Å². The highest BCUT2D eigenvalue weighted by atomic mass is 16.3. The summed E-state index contributed by atoms with van der Waals surface area (Å²) in [7, 11) is 0. The molecule has 0 saturated carbocycles. The van der Waals surface area contributed by atoms with E-state index in [2.05, 4.69) is 231 Å². The number of hydrogen-bond acceptors (Lipinski definition) is 1. The molecule has 0 fully saturated rings. The van der Waals surface area contributed by atoms with E-state index in [0.717, 1.165) is 27.5 Å². The fourth-order valence-electron chi connectivity index (χ4n) is 10.9. The first-order valence-electron chi connectivity index (χ1n) is 21.5. The molecule has 1 nitrogen and oxygen atoms in total. The summed E-state index contributed by atoms with van der Waals surface area (Å²) < 4.78 is 7.06. The van der Waals surface area contributed by atoms with E-state index in [4.69, 9.17) is 4.42 Å². The van der Waals surface area contributed by atoms with E-state index < -0.39 is 5.41 Å². The molecule has 11 aromatic carbocycles. The van der Waals surface area contributed by atoms with Crippen LogP contribution < -0.4 is 0 Å². The molecule has 0 saturated heterocycles. The molecular weight excluding hydrogens is 749 g/mol. The lowest BCUT2D eigenvalue weighted by Crippen LogP contribution is -2.28. The summed E-state index contributed by atoms with van der Waals surface area (Å²) >= 11 is 0. The molecule has 1 aliphatic rings. The SMILES string of the molecule is c1ccc(-c2c3ccccc3c(-c3ccc(-c4ccc5oc6c7c(ccc6c5c4)C(c4ccccc4)(c4ccccc4)c4ccc5ccccc5c4-7)cc3)c3ccccc23)cc1. The molecule has 0 N–H and O–H groups in total. The van der Waals surface area contributed by atoms with Gasteiger partial charge in [-0.25, -0.2) is 0 Å². The van der Waals surface area contributed by atoms with Crippen LogP contribution in [0.4, 0.5) is 0 Å². The summed E-state index contributed by atoms with van der Waals surface area (Å²) in [5, 5.41) is 9.76. The van der Waals surface area contributed by atoms with Crippen molar-refractivity contribution < 1.29 is 4.42 Å². The van der Waals surface area contributed by atoms with Crippen molar-refractivity contribution in [3.05, 3.63) is 253 Å². The summed E-state index contributed by atoms with van der Waals surface area (Å²) in [6.07, 6.45) is 0. The van der Waals surface area contributed by atoms with E-state index in [1.165, 1.54) is 93.5 Å². The zero-order chi connectivity index (χ0) is 40.8. The maximum absolute atomic E-state index is 7.06. The Labute approximate surface area is 359 Å². The molecule has 0 bridgehead atoms. The van der Waals surface area contributed by atoms with E-state index in [1.54, 1.807) is 0 Å². The quantitative estimate of drug-likeness (QED) is 0.158. The largest absolute Gasteiger partial charge is 0.455 e. The molecule has 0 unspecified atom stereocenters. The molecule has 1 heteroatoms. The average molecular weight is 787 g/mol. The van der Waals surface area contributed by atoms with Crippen LogP contribution in [0.25, 0.3) is 98.8 Å². The summed E-state index contributed by atoms with van der Waals surface area (Å²) in [5.41, 5.74) is 16.1. The van der Waals surface area contributed by atoms with Crippen molar-refractivity contribution in [1.29, 1.82) is 0 Å². The van der Waals surface area contributed by atoms with Gasteiger partial charge in [0.1, 0.15) is 11.2 Å². The normalized spacial score (nSPS) is 13.0. The molecule has 0 radical (unpaired) electrons. The van der Waals surface area contributed by atoms with Gasteiger partial charge >= 0.3 is 0 Å². The second-order valence-corrected chi connectivity index (χ2v) is 16.7. The Morgan fingerprint density at radius 2 is 0.742 bits per heavy atom. The van der Waals surface area contributed by atoms with Gasteiger partial charge in [0.15, 0.2) is 0 Å². The number of hydrogen-bond donors (Lipinski definition) is 0. The van der Waals surface area contributed by atoms with E-state index in [-0.39, 0.29) is 0 Å². The fourth-order valence-corrected chi connectivity index (χ4v) is 10.9. The number of fused-ring (bicyclic) bond motifs is 11. The van der Waals surface area contributed by atoms with Crippen LogP contribution in [-0.4, -0.2) is 0 Å². The fraction of sp³-hybridized carbons (Fsp3) is 0.0164. The molecule has 0 aliphatic heterocycles. The van der Waals surface area contributed by atoms with E-state index >= 15 is 0 Å². The monoisotopic (exact) mass is 786 g/mol. The first-order chi connectivity index (χ1) is 30.8. The van der Waals surface area contributed by atoms with Gasteiger partial charge in [0.05, 0.1) is 5.41 Å². The predicted molar refractivity (Wildman–Crippen MR) is 260 cm³/mol. The van der Waals surface area contributed by atoms with Crippen LogP contribution in [0.2, 0.25) is 0 Å². The van der Waals surface area contributed by atoms with Crippen molar-refractivity contribution in [1.82, 2.24) is 0 Å². The van der Waals surface area contributed by atoms with Crippen molar-refractivity contribution in [3.63, 3.8) is 0 Å². The van der Waals surface area contributed by atoms with Gasteiger partial charge in [0.2, 0.25) is 0 Å². The summed E-state index contributed by atoms with van der Waals surface area (Å²) in [6, 6.07) is 84.5. The Morgan fingerprint density at radius 3 is 1.35 bits per heavy atom. The standard InChI is InChI=1S/C61H38O/c1-4-17-41(18-5-1)56-47-24-12-14-26-49(47)57(50-27-15-13-25-48(50)56)42-30-28-39(29-31-42)43-33-37-55-52(38-43)51-34-36-54-59(60(51)62-55)58-46-23-11-10-16-40(46)32-35-53(58)61(54,44-19-6-2-7-20-44)45-21-8-3-9-22-45/h1-38H. The van der Waals surface area contributed by atoms with Crippen LogP contribution in [-0.2, 0) is 5.41 Å². The highest BCUT2D eigenvalue weighted by Gasteiger charge is 2.48. The number of furan rings is 1. The Bertz CT molecular complexity index is 3610. The van der Waals surface area contributed by atoms with Gasteiger partial charge in [-0.1, -0.05) is 218 Å². The minimum Gasteiger partial charge on any atom is -0.455 e. The highest BCUT2D eigenvalue weighted by Crippen LogP contribution is 2.60. The smallest absolute Gasteiger partial charge is 0.143 e. The van der Waals surface area contributed by atoms with Crippen LogP contribution >= 0.6 is 0 Å². The molecular formula is C61H38O. The summed E-state index contributed by atoms with van der Waals surface area (Å²) in [5.74, 6) is 0. The first kappa shape index (κ1) is 34.8. The van der Waals surface area contributed by atoms with Crippen molar-refractivity contribution in [3.8, 4) is 44.5 Å². The second-order valence-electron chi connectivity index (χ2n) is 16.7. The van der Waals surface area contributed by atoms with Gasteiger partial charge in [0, 0.05) is 16.3 Å². The van der Waals surface area contributed by atoms with Gasteiger partial charge in [-0.3, -0.25) is 0 Å². The Kier molecular flexibility index (Phi) is 7.59. The molecule has 0 atom stereocenters. The van der Waals surface area contributed by atoms with Crippen LogP contribution in [0.15, 0.2) is 235 Å². The highest BCUT2D eigenvalue weighted by molar-refractivity contribution is 6.22. The Morgan fingerprint density at radius 1 is 0.274 bits per heavy atom. The molecule has 0 spiro atoms. The molecule has 0 amide bonds. The van der Waals surface area contributed by atoms with Crippen LogP contribution in [0.3, 0.4) is 0 Å². The third-order valence-electron chi connectivity index (χ3n) is 13.5. The van der Waals surface area contributed by atoms with Crippen LogP contribution in [0, 0.1) is 0 Å². The molecule has 1 heterocycles. The summed E-state index contributed by atoms with van der Waals surface area (Å²) in [4.78, 5) is 0. The number of benzene rings is 11. The minimum atomic E-state index is -0.518. The van der Waals surface area contributed by atoms with Crippen LogP contribution in [0.5, 0.6) is 0 Å². The van der Waals surface area contributed by atoms with Crippen molar-refractivity contribution in [2.24, 2.45) is 0 Å². The lowest BCUT2D eigenvalue weighted by molar-refractivity contribution is 0.669. The van der Waals surface area contributed by atoms with Gasteiger partial charge in [0.25, 0.3) is 0 Å². The van der Waals surface area contributed by atoms with Gasteiger partial charge in [-0.15, -0.1) is 0 Å². The zero-order valence-corrected chi connectivity index (χ0v) is 33.8. The molecule has 1 aliphatic carbocycles. The Hall–Kier alpha value is -8.00. The topological polar surface area (TPSA) is 13.1 Å². The van der Waals surface area contributed by atoms with Crippen molar-refractivity contribution >= 4 is 54.3 Å². The molecule has 13 rings (SSSR count). The van der Waals surface area contributed by atoms with E-state index in [1.807, 2.05) is 0 Å². The third-order valence-corrected chi connectivity index (χ3v) is 13.5. The molecule has 1 aromatic heterocycles. The zero-order valence-electron chi connectivity index (χ0n) is 33.8. The van der Waals surface area contributed by atoms with Gasteiger partial charge in [-0.2, -0.15) is 0 Å². The Balaban J connectivity index is 0.989. The van der Waals surface area contributed by atoms with Crippen molar-refractivity contribution in [2.45, 2.75) is 5.41 Å². The van der Waals surface area contributed by atoms with E-state index in [9.17, 15) is 0 Å². The van der Waals surface area contributed by atoms with Gasteiger partial charge < -0.3 is 4.42 Å². The lowest BCUT2D eigenvalue weighted by Gasteiger charge is -2.33. The van der Waals surface area contributed by atoms with E-state index in [0.29, 0.717) is 0 Å². The minimum absolute atomic E-state index is 0.518. The third kappa shape index (κ3) is 4.91. The average Bonchev–Trinajstić information content (AvgIpc) is 3.88. The second kappa shape index (κ2) is 13.5. The maximum Gasteiger partial charge on any atom is 0.143 e. The van der Waals surface area contributed by atoms with Crippen molar-refractivity contribution in [2.75, 3.05) is 0 Å². The first-order valence-corrected chi connectivity index (χ1v) is 21.5. The predicted octanol–water partition coefficient (Wildman–Crippen LogP) is 16.4. The molecule has 288 valence electrons.